The maximum Gasteiger partial charge on any atom is 0.194 e. The van der Waals surface area contributed by atoms with Crippen molar-refractivity contribution in [3.8, 4) is 5.75 Å². The van der Waals surface area contributed by atoms with E-state index < -0.39 is 5.60 Å². The molecule has 0 radical (unpaired) electrons. The van der Waals surface area contributed by atoms with Crippen molar-refractivity contribution in [1.82, 2.24) is 0 Å². The fourth-order valence-electron chi connectivity index (χ4n) is 2.25. The number of carbonyl (C=O) groups is 1. The standard InChI is InChI=1S/C18H20O4/c1-18(21,17(20)15-5-3-2-4-6-15)13-14-7-9-16(10-8-14)22-12-11-19/h2-10,19,21H,11-13H2,1H3. The molecule has 2 aromatic rings. The van der Waals surface area contributed by atoms with Gasteiger partial charge in [0.15, 0.2) is 5.78 Å². The maximum absolute atomic E-state index is 12.4. The van der Waals surface area contributed by atoms with Gasteiger partial charge < -0.3 is 14.9 Å². The van der Waals surface area contributed by atoms with Gasteiger partial charge in [-0.2, -0.15) is 0 Å². The second kappa shape index (κ2) is 7.20. The molecule has 0 aliphatic heterocycles. The molecule has 0 bridgehead atoms. The Balaban J connectivity index is 2.06. The van der Waals surface area contributed by atoms with Gasteiger partial charge in [-0.15, -0.1) is 0 Å². The topological polar surface area (TPSA) is 66.8 Å². The van der Waals surface area contributed by atoms with Gasteiger partial charge in [0.2, 0.25) is 0 Å². The van der Waals surface area contributed by atoms with Gasteiger partial charge in [0.25, 0.3) is 0 Å². The van der Waals surface area contributed by atoms with E-state index in [4.69, 9.17) is 9.84 Å². The molecule has 4 nitrogen and oxygen atoms in total. The van der Waals surface area contributed by atoms with E-state index in [2.05, 4.69) is 0 Å². The van der Waals surface area contributed by atoms with Gasteiger partial charge in [-0.05, 0) is 24.6 Å². The quantitative estimate of drug-likeness (QED) is 0.770. The van der Waals surface area contributed by atoms with Crippen molar-refractivity contribution < 1.29 is 19.7 Å². The minimum Gasteiger partial charge on any atom is -0.491 e. The lowest BCUT2D eigenvalue weighted by Crippen LogP contribution is -2.37. The molecule has 1 atom stereocenters. The Labute approximate surface area is 130 Å². The first-order valence-corrected chi connectivity index (χ1v) is 7.18. The van der Waals surface area contributed by atoms with E-state index in [0.29, 0.717) is 11.3 Å². The van der Waals surface area contributed by atoms with Crippen molar-refractivity contribution in [1.29, 1.82) is 0 Å². The number of carbonyl (C=O) groups excluding carboxylic acids is 1. The normalized spacial score (nSPS) is 13.4. The van der Waals surface area contributed by atoms with E-state index in [0.717, 1.165) is 5.56 Å². The number of benzene rings is 2. The van der Waals surface area contributed by atoms with E-state index >= 15 is 0 Å². The summed E-state index contributed by atoms with van der Waals surface area (Å²) in [6, 6.07) is 15.9. The summed E-state index contributed by atoms with van der Waals surface area (Å²) in [5.74, 6) is 0.348. The molecule has 0 amide bonds. The van der Waals surface area contributed by atoms with E-state index in [9.17, 15) is 9.90 Å². The van der Waals surface area contributed by atoms with Gasteiger partial charge in [-0.1, -0.05) is 42.5 Å². The highest BCUT2D eigenvalue weighted by atomic mass is 16.5. The summed E-state index contributed by atoms with van der Waals surface area (Å²) in [6.07, 6.45) is 0.223. The molecule has 4 heteroatoms. The summed E-state index contributed by atoms with van der Waals surface area (Å²) in [7, 11) is 0. The van der Waals surface area contributed by atoms with Crippen LogP contribution < -0.4 is 4.74 Å². The third-order valence-corrected chi connectivity index (χ3v) is 3.36. The van der Waals surface area contributed by atoms with Crippen molar-refractivity contribution in [2.45, 2.75) is 18.9 Å². The molecule has 0 spiro atoms. The lowest BCUT2D eigenvalue weighted by Gasteiger charge is -2.22. The average molecular weight is 300 g/mol. The third kappa shape index (κ3) is 4.16. The Morgan fingerprint density at radius 3 is 2.32 bits per heavy atom. The van der Waals surface area contributed by atoms with Gasteiger partial charge in [0.05, 0.1) is 6.61 Å². The second-order valence-electron chi connectivity index (χ2n) is 5.36. The first kappa shape index (κ1) is 16.2. The van der Waals surface area contributed by atoms with E-state index in [-0.39, 0.29) is 25.4 Å². The number of hydrogen-bond acceptors (Lipinski definition) is 4. The average Bonchev–Trinajstić information content (AvgIpc) is 2.54. The van der Waals surface area contributed by atoms with Crippen LogP contribution in [0.4, 0.5) is 0 Å². The third-order valence-electron chi connectivity index (χ3n) is 3.36. The number of ketones is 1. The van der Waals surface area contributed by atoms with Crippen molar-refractivity contribution in [3.05, 3.63) is 65.7 Å². The zero-order valence-corrected chi connectivity index (χ0v) is 12.5. The molecule has 2 rings (SSSR count). The zero-order chi connectivity index (χ0) is 16.0. The molecule has 2 N–H and O–H groups in total. The fraction of sp³-hybridized carbons (Fsp3) is 0.278. The van der Waals surface area contributed by atoms with Crippen LogP contribution in [0.15, 0.2) is 54.6 Å². The van der Waals surface area contributed by atoms with Crippen LogP contribution in [0, 0.1) is 0 Å². The highest BCUT2D eigenvalue weighted by Crippen LogP contribution is 2.21. The smallest absolute Gasteiger partial charge is 0.194 e. The Morgan fingerprint density at radius 1 is 1.09 bits per heavy atom. The van der Waals surface area contributed by atoms with Crippen LogP contribution in [0.2, 0.25) is 0 Å². The summed E-state index contributed by atoms with van der Waals surface area (Å²) in [5, 5.41) is 19.2. The number of hydrogen-bond donors (Lipinski definition) is 2. The van der Waals surface area contributed by atoms with Crippen LogP contribution in [-0.4, -0.2) is 34.8 Å². The van der Waals surface area contributed by atoms with Crippen LogP contribution in [0.25, 0.3) is 0 Å². The summed E-state index contributed by atoms with van der Waals surface area (Å²) in [4.78, 5) is 12.4. The van der Waals surface area contributed by atoms with Crippen molar-refractivity contribution >= 4 is 5.78 Å². The number of ether oxygens (including phenoxy) is 1. The summed E-state index contributed by atoms with van der Waals surface area (Å²) >= 11 is 0. The van der Waals surface area contributed by atoms with Crippen LogP contribution in [0.5, 0.6) is 5.75 Å². The monoisotopic (exact) mass is 300 g/mol. The van der Waals surface area contributed by atoms with Crippen LogP contribution in [0.1, 0.15) is 22.8 Å². The van der Waals surface area contributed by atoms with Gasteiger partial charge >= 0.3 is 0 Å². The lowest BCUT2D eigenvalue weighted by atomic mass is 9.88. The van der Waals surface area contributed by atoms with Gasteiger partial charge in [-0.3, -0.25) is 4.79 Å². The predicted molar refractivity (Wildman–Crippen MR) is 84.1 cm³/mol. The Hall–Kier alpha value is -2.17. The van der Waals surface area contributed by atoms with Crippen LogP contribution >= 0.6 is 0 Å². The van der Waals surface area contributed by atoms with Gasteiger partial charge in [0.1, 0.15) is 18.0 Å². The molecule has 116 valence electrons. The van der Waals surface area contributed by atoms with Crippen molar-refractivity contribution in [3.63, 3.8) is 0 Å². The first-order chi connectivity index (χ1) is 10.5. The predicted octanol–water partition coefficient (Wildman–Crippen LogP) is 2.23. The SMILES string of the molecule is CC(O)(Cc1ccc(OCCO)cc1)C(=O)c1ccccc1. The second-order valence-corrected chi connectivity index (χ2v) is 5.36. The van der Waals surface area contributed by atoms with Crippen LogP contribution in [0.3, 0.4) is 0 Å². The molecule has 0 aromatic heterocycles. The Kier molecular flexibility index (Phi) is 5.31. The minimum absolute atomic E-state index is 0.0396. The molecule has 0 aliphatic carbocycles. The summed E-state index contributed by atoms with van der Waals surface area (Å²) in [6.45, 7) is 1.73. The van der Waals surface area contributed by atoms with Gasteiger partial charge in [-0.25, -0.2) is 0 Å². The highest BCUT2D eigenvalue weighted by molar-refractivity contribution is 6.02. The lowest BCUT2D eigenvalue weighted by molar-refractivity contribution is 0.0409. The van der Waals surface area contributed by atoms with E-state index in [1.807, 2.05) is 6.07 Å². The van der Waals surface area contributed by atoms with E-state index in [1.54, 1.807) is 48.5 Å². The molecule has 0 saturated heterocycles. The molecule has 22 heavy (non-hydrogen) atoms. The Morgan fingerprint density at radius 2 is 1.73 bits per heavy atom. The number of rotatable bonds is 7. The molecule has 0 fully saturated rings. The summed E-state index contributed by atoms with van der Waals surface area (Å²) in [5.41, 5.74) is -0.129. The van der Waals surface area contributed by atoms with E-state index in [1.165, 1.54) is 6.92 Å². The Bertz CT molecular complexity index is 603. The molecule has 1 unspecified atom stereocenters. The van der Waals surface area contributed by atoms with Gasteiger partial charge in [0, 0.05) is 12.0 Å². The first-order valence-electron chi connectivity index (χ1n) is 7.18. The number of aliphatic hydroxyl groups excluding tert-OH is 1. The molecular weight excluding hydrogens is 280 g/mol. The van der Waals surface area contributed by atoms with Crippen LogP contribution in [-0.2, 0) is 6.42 Å². The highest BCUT2D eigenvalue weighted by Gasteiger charge is 2.31. The zero-order valence-electron chi connectivity index (χ0n) is 12.5. The van der Waals surface area contributed by atoms with Crippen molar-refractivity contribution in [2.75, 3.05) is 13.2 Å². The van der Waals surface area contributed by atoms with Crippen molar-refractivity contribution in [2.24, 2.45) is 0 Å². The maximum atomic E-state index is 12.4. The molecule has 0 aliphatic rings. The number of Topliss-reactive ketones (excluding diaryl/α,β-unsaturated/α-hetero) is 1. The molecular formula is C18H20O4. The fourth-order valence-corrected chi connectivity index (χ4v) is 2.25. The largest absolute Gasteiger partial charge is 0.491 e. The minimum atomic E-state index is -1.46. The molecule has 2 aromatic carbocycles. The summed E-state index contributed by atoms with van der Waals surface area (Å²) < 4.78 is 5.28. The molecule has 0 saturated carbocycles. The number of aliphatic hydroxyl groups is 2. The molecule has 0 heterocycles.